The maximum absolute atomic E-state index is 12.5. The summed E-state index contributed by atoms with van der Waals surface area (Å²) >= 11 is 2.83. The molecule has 7 heteroatoms. The summed E-state index contributed by atoms with van der Waals surface area (Å²) in [6.45, 7) is 3.95. The Hall–Kier alpha value is -2.38. The van der Waals surface area contributed by atoms with E-state index >= 15 is 0 Å². The second-order valence-electron chi connectivity index (χ2n) is 5.76. The number of anilines is 2. The van der Waals surface area contributed by atoms with Crippen LogP contribution in [0.15, 0.2) is 46.8 Å². The summed E-state index contributed by atoms with van der Waals surface area (Å²) in [7, 11) is 1.63. The first-order valence-electron chi connectivity index (χ1n) is 8.03. The Labute approximate surface area is 160 Å². The van der Waals surface area contributed by atoms with E-state index in [1.165, 1.54) is 23.1 Å². The molecule has 0 bridgehead atoms. The number of nitrogens with zero attached hydrogens (tertiary/aromatic N) is 2. The standard InChI is InChI=1S/C19H19N3O2S2/c1-12-7-8-13(2)16(9-12)17(23)11-25-19-22-21-18(26-19)20-14-5-4-6-15(10-14)24-3/h4-10H,11H2,1-3H3,(H,20,21). The number of ether oxygens (including phenoxy) is 1. The molecule has 1 aromatic heterocycles. The minimum Gasteiger partial charge on any atom is -0.497 e. The summed E-state index contributed by atoms with van der Waals surface area (Å²) in [6.07, 6.45) is 0. The molecule has 2 aromatic carbocycles. The van der Waals surface area contributed by atoms with Crippen LogP contribution < -0.4 is 10.1 Å². The van der Waals surface area contributed by atoms with Crippen LogP contribution in [-0.2, 0) is 0 Å². The van der Waals surface area contributed by atoms with E-state index in [1.807, 2.05) is 56.3 Å². The van der Waals surface area contributed by atoms with Gasteiger partial charge in [-0.05, 0) is 37.6 Å². The van der Waals surface area contributed by atoms with Gasteiger partial charge in [-0.15, -0.1) is 10.2 Å². The predicted octanol–water partition coefficient (Wildman–Crippen LogP) is 4.88. The number of carbonyl (C=O) groups is 1. The number of ketones is 1. The van der Waals surface area contributed by atoms with Crippen molar-refractivity contribution < 1.29 is 9.53 Å². The molecule has 26 heavy (non-hydrogen) atoms. The molecule has 0 aliphatic heterocycles. The minimum absolute atomic E-state index is 0.105. The third-order valence-electron chi connectivity index (χ3n) is 3.75. The van der Waals surface area contributed by atoms with E-state index in [0.29, 0.717) is 10.9 Å². The van der Waals surface area contributed by atoms with Gasteiger partial charge in [0.1, 0.15) is 5.75 Å². The topological polar surface area (TPSA) is 64.1 Å². The molecule has 0 atom stereocenters. The maximum Gasteiger partial charge on any atom is 0.210 e. The van der Waals surface area contributed by atoms with Crippen molar-refractivity contribution in [1.29, 1.82) is 0 Å². The number of benzene rings is 2. The molecule has 3 rings (SSSR count). The fourth-order valence-electron chi connectivity index (χ4n) is 2.38. The SMILES string of the molecule is COc1cccc(Nc2nnc(SCC(=O)c3cc(C)ccc3C)s2)c1. The minimum atomic E-state index is 0.105. The Morgan fingerprint density at radius 1 is 1.19 bits per heavy atom. The van der Waals surface area contributed by atoms with Gasteiger partial charge < -0.3 is 10.1 Å². The molecule has 134 valence electrons. The van der Waals surface area contributed by atoms with Crippen LogP contribution >= 0.6 is 23.1 Å². The van der Waals surface area contributed by atoms with E-state index in [2.05, 4.69) is 15.5 Å². The largest absolute Gasteiger partial charge is 0.497 e. The lowest BCUT2D eigenvalue weighted by atomic mass is 10.0. The predicted molar refractivity (Wildman–Crippen MR) is 107 cm³/mol. The molecular weight excluding hydrogens is 366 g/mol. The van der Waals surface area contributed by atoms with Gasteiger partial charge in [-0.3, -0.25) is 4.79 Å². The van der Waals surface area contributed by atoms with Crippen molar-refractivity contribution in [2.24, 2.45) is 0 Å². The van der Waals surface area contributed by atoms with Crippen LogP contribution in [0.3, 0.4) is 0 Å². The molecule has 0 spiro atoms. The van der Waals surface area contributed by atoms with Gasteiger partial charge in [-0.2, -0.15) is 0 Å². The van der Waals surface area contributed by atoms with Crippen molar-refractivity contribution in [3.05, 3.63) is 59.2 Å². The van der Waals surface area contributed by atoms with Crippen LogP contribution in [0.5, 0.6) is 5.75 Å². The van der Waals surface area contributed by atoms with Gasteiger partial charge in [0.15, 0.2) is 10.1 Å². The third kappa shape index (κ3) is 4.62. The summed E-state index contributed by atoms with van der Waals surface area (Å²) in [5.74, 6) is 1.22. The Morgan fingerprint density at radius 2 is 2.04 bits per heavy atom. The smallest absolute Gasteiger partial charge is 0.210 e. The average molecular weight is 386 g/mol. The van der Waals surface area contributed by atoms with Crippen molar-refractivity contribution in [2.75, 3.05) is 18.2 Å². The van der Waals surface area contributed by atoms with Crippen molar-refractivity contribution in [3.63, 3.8) is 0 Å². The average Bonchev–Trinajstić information content (AvgIpc) is 3.09. The van der Waals surface area contributed by atoms with Crippen LogP contribution in [0.1, 0.15) is 21.5 Å². The summed E-state index contributed by atoms with van der Waals surface area (Å²) in [5.41, 5.74) is 3.74. The molecular formula is C19H19N3O2S2. The Morgan fingerprint density at radius 3 is 2.85 bits per heavy atom. The van der Waals surface area contributed by atoms with Gasteiger partial charge >= 0.3 is 0 Å². The van der Waals surface area contributed by atoms with Gasteiger partial charge in [0.25, 0.3) is 0 Å². The van der Waals surface area contributed by atoms with Crippen molar-refractivity contribution in [2.45, 2.75) is 18.2 Å². The fourth-order valence-corrected chi connectivity index (χ4v) is 4.04. The lowest BCUT2D eigenvalue weighted by Gasteiger charge is -2.05. The van der Waals surface area contributed by atoms with Gasteiger partial charge in [0.05, 0.1) is 12.9 Å². The van der Waals surface area contributed by atoms with Gasteiger partial charge in [-0.1, -0.05) is 46.9 Å². The van der Waals surface area contributed by atoms with E-state index in [0.717, 1.165) is 32.5 Å². The maximum atomic E-state index is 12.5. The molecule has 1 N–H and O–H groups in total. The first-order chi connectivity index (χ1) is 12.5. The van der Waals surface area contributed by atoms with Crippen LogP contribution in [0.25, 0.3) is 0 Å². The molecule has 0 radical (unpaired) electrons. The second-order valence-corrected chi connectivity index (χ2v) is 7.96. The van der Waals surface area contributed by atoms with Gasteiger partial charge in [0.2, 0.25) is 5.13 Å². The first kappa shape index (κ1) is 18.4. The van der Waals surface area contributed by atoms with Crippen molar-refractivity contribution in [1.82, 2.24) is 10.2 Å². The quantitative estimate of drug-likeness (QED) is 0.462. The normalized spacial score (nSPS) is 10.6. The number of aromatic nitrogens is 2. The number of carbonyl (C=O) groups excluding carboxylic acids is 1. The molecule has 0 aliphatic carbocycles. The number of nitrogens with one attached hydrogen (secondary N) is 1. The monoisotopic (exact) mass is 385 g/mol. The third-order valence-corrected chi connectivity index (χ3v) is 5.72. The molecule has 0 saturated carbocycles. The van der Waals surface area contributed by atoms with E-state index < -0.39 is 0 Å². The van der Waals surface area contributed by atoms with Crippen molar-refractivity contribution in [3.8, 4) is 5.75 Å². The number of hydrogen-bond donors (Lipinski definition) is 1. The summed E-state index contributed by atoms with van der Waals surface area (Å²) in [5, 5.41) is 12.2. The van der Waals surface area contributed by atoms with E-state index in [1.54, 1.807) is 7.11 Å². The number of thioether (sulfide) groups is 1. The number of rotatable bonds is 7. The zero-order chi connectivity index (χ0) is 18.5. The highest BCUT2D eigenvalue weighted by Crippen LogP contribution is 2.29. The highest BCUT2D eigenvalue weighted by molar-refractivity contribution is 8.01. The number of aryl methyl sites for hydroxylation is 2. The highest BCUT2D eigenvalue weighted by atomic mass is 32.2. The summed E-state index contributed by atoms with van der Waals surface area (Å²) in [4.78, 5) is 12.5. The second kappa shape index (κ2) is 8.33. The molecule has 0 aliphatic rings. The van der Waals surface area contributed by atoms with E-state index in [9.17, 15) is 4.79 Å². The summed E-state index contributed by atoms with van der Waals surface area (Å²) in [6, 6.07) is 13.5. The van der Waals surface area contributed by atoms with Crippen LogP contribution in [-0.4, -0.2) is 28.8 Å². The lowest BCUT2D eigenvalue weighted by Crippen LogP contribution is -2.05. The molecule has 3 aromatic rings. The van der Waals surface area contributed by atoms with E-state index in [-0.39, 0.29) is 5.78 Å². The van der Waals surface area contributed by atoms with E-state index in [4.69, 9.17) is 4.74 Å². The van der Waals surface area contributed by atoms with Gasteiger partial charge in [-0.25, -0.2) is 0 Å². The van der Waals surface area contributed by atoms with Gasteiger partial charge in [0, 0.05) is 17.3 Å². The lowest BCUT2D eigenvalue weighted by molar-refractivity contribution is 0.102. The molecule has 0 fully saturated rings. The van der Waals surface area contributed by atoms with Crippen LogP contribution in [0.2, 0.25) is 0 Å². The Balaban J connectivity index is 1.61. The zero-order valence-electron chi connectivity index (χ0n) is 14.8. The van der Waals surface area contributed by atoms with Crippen molar-refractivity contribution >= 4 is 39.7 Å². The number of hydrogen-bond acceptors (Lipinski definition) is 7. The molecule has 5 nitrogen and oxygen atoms in total. The number of Topliss-reactive ketones (excluding diaryl/α,β-unsaturated/α-hetero) is 1. The fraction of sp³-hybridized carbons (Fsp3) is 0.211. The Kier molecular flexibility index (Phi) is 5.90. The van der Waals surface area contributed by atoms with Crippen LogP contribution in [0.4, 0.5) is 10.8 Å². The number of methoxy groups -OCH3 is 1. The van der Waals surface area contributed by atoms with Crippen LogP contribution in [0, 0.1) is 13.8 Å². The first-order valence-corrected chi connectivity index (χ1v) is 9.83. The molecule has 1 heterocycles. The Bertz CT molecular complexity index is 925. The molecule has 0 saturated heterocycles. The highest BCUT2D eigenvalue weighted by Gasteiger charge is 2.12. The molecule has 0 unspecified atom stereocenters. The summed E-state index contributed by atoms with van der Waals surface area (Å²) < 4.78 is 5.97. The molecule has 0 amide bonds. The zero-order valence-corrected chi connectivity index (χ0v) is 16.4.